The number of hydrogen-bond donors (Lipinski definition) is 3. The summed E-state index contributed by atoms with van der Waals surface area (Å²) in [7, 11) is 1.59. The summed E-state index contributed by atoms with van der Waals surface area (Å²) in [6.45, 7) is 0. The number of nitrogens with one attached hydrogen (secondary N) is 1. The van der Waals surface area contributed by atoms with Gasteiger partial charge in [0.05, 0.1) is 13.2 Å². The minimum Gasteiger partial charge on any atom is -0.497 e. The minimum absolute atomic E-state index is 0.189. The van der Waals surface area contributed by atoms with Gasteiger partial charge in [0.25, 0.3) is 0 Å². The van der Waals surface area contributed by atoms with Crippen LogP contribution >= 0.6 is 0 Å². The number of rotatable bonds is 2. The van der Waals surface area contributed by atoms with E-state index >= 15 is 0 Å². The van der Waals surface area contributed by atoms with Crippen molar-refractivity contribution in [3.63, 3.8) is 0 Å². The molecule has 0 spiro atoms. The number of methoxy groups -OCH3 is 1. The van der Waals surface area contributed by atoms with E-state index in [-0.39, 0.29) is 12.1 Å². The van der Waals surface area contributed by atoms with Gasteiger partial charge in [-0.25, -0.2) is 4.79 Å². The third-order valence-corrected chi connectivity index (χ3v) is 3.14. The van der Waals surface area contributed by atoms with Crippen LogP contribution in [0.5, 0.6) is 5.75 Å². The quantitative estimate of drug-likeness (QED) is 0.722. The Labute approximate surface area is 99.6 Å². The van der Waals surface area contributed by atoms with Crippen molar-refractivity contribution in [3.8, 4) is 5.75 Å². The Morgan fingerprint density at radius 3 is 3.00 bits per heavy atom. The van der Waals surface area contributed by atoms with Crippen molar-refractivity contribution >= 4 is 6.09 Å². The number of aryl methyl sites for hydroxylation is 1. The molecule has 4 N–H and O–H groups in total. The summed E-state index contributed by atoms with van der Waals surface area (Å²) in [6.07, 6.45) is 0.601. The highest BCUT2D eigenvalue weighted by Gasteiger charge is 2.28. The number of hydrogen-bond acceptors (Lipinski definition) is 3. The highest BCUT2D eigenvalue weighted by molar-refractivity contribution is 5.65. The summed E-state index contributed by atoms with van der Waals surface area (Å²) in [5.41, 5.74) is 8.02. The molecule has 2 unspecified atom stereocenters. The van der Waals surface area contributed by atoms with Gasteiger partial charge in [-0.15, -0.1) is 0 Å². The first-order valence-corrected chi connectivity index (χ1v) is 5.53. The van der Waals surface area contributed by atoms with Gasteiger partial charge in [0, 0.05) is 6.04 Å². The van der Waals surface area contributed by atoms with Crippen LogP contribution < -0.4 is 15.8 Å². The summed E-state index contributed by atoms with van der Waals surface area (Å²) in [5, 5.41) is 11.3. The maximum absolute atomic E-state index is 10.8. The molecule has 1 amide bonds. The molecule has 2 rings (SSSR count). The summed E-state index contributed by atoms with van der Waals surface area (Å²) >= 11 is 0. The molecule has 92 valence electrons. The van der Waals surface area contributed by atoms with Crippen LogP contribution in [0.2, 0.25) is 0 Å². The second-order valence-electron chi connectivity index (χ2n) is 4.19. The van der Waals surface area contributed by atoms with Crippen molar-refractivity contribution in [2.24, 2.45) is 5.73 Å². The maximum Gasteiger partial charge on any atom is 0.405 e. The molecule has 5 nitrogen and oxygen atoms in total. The normalized spacial score (nSPS) is 22.7. The third kappa shape index (κ3) is 2.34. The molecule has 1 aliphatic carbocycles. The van der Waals surface area contributed by atoms with E-state index in [4.69, 9.17) is 15.6 Å². The fourth-order valence-electron chi connectivity index (χ4n) is 2.25. The first-order chi connectivity index (χ1) is 8.11. The number of nitrogens with two attached hydrogens (primary N) is 1. The van der Waals surface area contributed by atoms with Gasteiger partial charge in [-0.3, -0.25) is 0 Å². The van der Waals surface area contributed by atoms with Crippen LogP contribution in [-0.2, 0) is 6.42 Å². The average molecular weight is 236 g/mol. The predicted octanol–water partition coefficient (Wildman–Crippen LogP) is 1.28. The number of ether oxygens (including phenoxy) is 1. The molecular formula is C12H16N2O3. The van der Waals surface area contributed by atoms with E-state index in [1.165, 1.54) is 0 Å². The highest BCUT2D eigenvalue weighted by atomic mass is 16.5. The molecule has 0 heterocycles. The van der Waals surface area contributed by atoms with Crippen LogP contribution in [0.1, 0.15) is 23.6 Å². The number of amides is 1. The van der Waals surface area contributed by atoms with E-state index in [9.17, 15) is 4.79 Å². The Balaban J connectivity index is 2.37. The van der Waals surface area contributed by atoms with Crippen molar-refractivity contribution in [3.05, 3.63) is 29.3 Å². The fourth-order valence-corrected chi connectivity index (χ4v) is 2.25. The molecule has 0 saturated heterocycles. The second kappa shape index (κ2) is 4.63. The molecule has 17 heavy (non-hydrogen) atoms. The smallest absolute Gasteiger partial charge is 0.405 e. The van der Waals surface area contributed by atoms with Gasteiger partial charge < -0.3 is 20.9 Å². The van der Waals surface area contributed by atoms with Crippen LogP contribution in [0.25, 0.3) is 0 Å². The van der Waals surface area contributed by atoms with Crippen LogP contribution in [0.4, 0.5) is 4.79 Å². The summed E-state index contributed by atoms with van der Waals surface area (Å²) in [5.74, 6) is 0.718. The molecule has 0 aromatic heterocycles. The van der Waals surface area contributed by atoms with Crippen molar-refractivity contribution in [1.82, 2.24) is 5.32 Å². The van der Waals surface area contributed by atoms with Crippen molar-refractivity contribution < 1.29 is 14.6 Å². The zero-order chi connectivity index (χ0) is 12.4. The number of carboxylic acid groups (broad SMARTS) is 1. The highest BCUT2D eigenvalue weighted by Crippen LogP contribution is 2.31. The zero-order valence-corrected chi connectivity index (χ0v) is 9.64. The van der Waals surface area contributed by atoms with Crippen molar-refractivity contribution in [2.45, 2.75) is 24.9 Å². The van der Waals surface area contributed by atoms with Gasteiger partial charge >= 0.3 is 6.09 Å². The molecule has 5 heteroatoms. The van der Waals surface area contributed by atoms with Crippen molar-refractivity contribution in [1.29, 1.82) is 0 Å². The van der Waals surface area contributed by atoms with E-state index in [0.29, 0.717) is 0 Å². The van der Waals surface area contributed by atoms with E-state index < -0.39 is 6.09 Å². The van der Waals surface area contributed by atoms with E-state index in [1.54, 1.807) is 7.11 Å². The number of fused-ring (bicyclic) bond motifs is 1. The molecule has 1 aromatic rings. The lowest BCUT2D eigenvalue weighted by atomic mass is 9.84. The Kier molecular flexibility index (Phi) is 3.19. The van der Waals surface area contributed by atoms with Crippen LogP contribution in [0.3, 0.4) is 0 Å². The summed E-state index contributed by atoms with van der Waals surface area (Å²) in [4.78, 5) is 10.8. The van der Waals surface area contributed by atoms with Gasteiger partial charge in [0.15, 0.2) is 0 Å². The molecule has 0 bridgehead atoms. The molecular weight excluding hydrogens is 220 g/mol. The molecule has 1 aliphatic rings. The lowest BCUT2D eigenvalue weighted by molar-refractivity contribution is 0.186. The topological polar surface area (TPSA) is 84.6 Å². The standard InChI is InChI=1S/C12H16N2O3/c1-17-8-4-2-7-3-5-10(13)11(9(7)6-8)14-12(15)16/h2,4,6,10-11,14H,3,5,13H2,1H3,(H,15,16). The Bertz CT molecular complexity index is 434. The Hall–Kier alpha value is -1.75. The summed E-state index contributed by atoms with van der Waals surface area (Å²) in [6, 6.07) is 5.16. The minimum atomic E-state index is -1.05. The molecule has 2 atom stereocenters. The zero-order valence-electron chi connectivity index (χ0n) is 9.64. The lowest BCUT2D eigenvalue weighted by Crippen LogP contribution is -2.43. The van der Waals surface area contributed by atoms with Gasteiger partial charge in [-0.1, -0.05) is 6.07 Å². The van der Waals surface area contributed by atoms with Gasteiger partial charge in [0.1, 0.15) is 5.75 Å². The summed E-state index contributed by atoms with van der Waals surface area (Å²) < 4.78 is 5.15. The Morgan fingerprint density at radius 1 is 1.59 bits per heavy atom. The van der Waals surface area contributed by atoms with E-state index in [1.807, 2.05) is 18.2 Å². The first kappa shape index (κ1) is 11.7. The van der Waals surface area contributed by atoms with Crippen molar-refractivity contribution in [2.75, 3.05) is 7.11 Å². The second-order valence-corrected chi connectivity index (χ2v) is 4.19. The number of carbonyl (C=O) groups is 1. The largest absolute Gasteiger partial charge is 0.497 e. The average Bonchev–Trinajstić information content (AvgIpc) is 2.32. The third-order valence-electron chi connectivity index (χ3n) is 3.14. The molecule has 1 aromatic carbocycles. The first-order valence-electron chi connectivity index (χ1n) is 5.53. The maximum atomic E-state index is 10.8. The van der Waals surface area contributed by atoms with Gasteiger partial charge in [0.2, 0.25) is 0 Å². The lowest BCUT2D eigenvalue weighted by Gasteiger charge is -2.31. The molecule has 0 saturated carbocycles. The number of benzene rings is 1. The molecule has 0 fully saturated rings. The van der Waals surface area contributed by atoms with E-state index in [2.05, 4.69) is 5.32 Å². The van der Waals surface area contributed by atoms with Gasteiger partial charge in [-0.2, -0.15) is 0 Å². The molecule has 0 radical (unpaired) electrons. The van der Waals surface area contributed by atoms with Crippen LogP contribution in [0.15, 0.2) is 18.2 Å². The van der Waals surface area contributed by atoms with Gasteiger partial charge in [-0.05, 0) is 36.1 Å². The Morgan fingerprint density at radius 2 is 2.35 bits per heavy atom. The molecule has 0 aliphatic heterocycles. The van der Waals surface area contributed by atoms with Crippen LogP contribution in [-0.4, -0.2) is 24.4 Å². The fraction of sp³-hybridized carbons (Fsp3) is 0.417. The predicted molar refractivity (Wildman–Crippen MR) is 63.2 cm³/mol. The van der Waals surface area contributed by atoms with E-state index in [0.717, 1.165) is 29.7 Å². The SMILES string of the molecule is COc1ccc2c(c1)C(NC(=O)O)C(N)CC2. The van der Waals surface area contributed by atoms with Crippen LogP contribution in [0, 0.1) is 0 Å². The monoisotopic (exact) mass is 236 g/mol.